The maximum atomic E-state index is 3.63. The highest BCUT2D eigenvalue weighted by Crippen LogP contribution is 2.44. The average molecular weight is 273 g/mol. The van der Waals surface area contributed by atoms with Gasteiger partial charge in [0.25, 0.3) is 0 Å². The Labute approximate surface area is 125 Å². The van der Waals surface area contributed by atoms with E-state index in [0.717, 1.165) is 12.5 Å². The van der Waals surface area contributed by atoms with Gasteiger partial charge < -0.3 is 5.32 Å². The van der Waals surface area contributed by atoms with Gasteiger partial charge >= 0.3 is 0 Å². The number of aryl methyl sites for hydroxylation is 1. The van der Waals surface area contributed by atoms with Crippen LogP contribution in [0.1, 0.15) is 57.9 Å². The van der Waals surface area contributed by atoms with Crippen molar-refractivity contribution in [2.24, 2.45) is 11.3 Å². The molecule has 0 amide bonds. The second-order valence-electron chi connectivity index (χ2n) is 7.04. The van der Waals surface area contributed by atoms with Gasteiger partial charge in [-0.1, -0.05) is 57.0 Å². The summed E-state index contributed by atoms with van der Waals surface area (Å²) in [4.78, 5) is 0. The molecule has 1 fully saturated rings. The molecule has 1 aromatic carbocycles. The monoisotopic (exact) mass is 273 g/mol. The van der Waals surface area contributed by atoms with E-state index >= 15 is 0 Å². The van der Waals surface area contributed by atoms with Gasteiger partial charge in [0.05, 0.1) is 0 Å². The largest absolute Gasteiger partial charge is 0.316 e. The van der Waals surface area contributed by atoms with Gasteiger partial charge in [-0.3, -0.25) is 0 Å². The van der Waals surface area contributed by atoms with Gasteiger partial charge in [0.2, 0.25) is 0 Å². The van der Waals surface area contributed by atoms with E-state index in [9.17, 15) is 0 Å². The van der Waals surface area contributed by atoms with Crippen LogP contribution in [0.5, 0.6) is 0 Å². The predicted molar refractivity (Wildman–Crippen MR) is 88.0 cm³/mol. The van der Waals surface area contributed by atoms with Crippen LogP contribution in [0.3, 0.4) is 0 Å². The van der Waals surface area contributed by atoms with E-state index in [1.165, 1.54) is 57.1 Å². The molecule has 0 unspecified atom stereocenters. The standard InChI is InChI=1S/C19H31N/c1-17(2)16-20-15-14-19(11-6-7-12-19)13-10-18-8-4-3-5-9-18/h3-5,8-9,17,20H,6-7,10-16H2,1-2H3. The smallest absolute Gasteiger partial charge is 0.00258 e. The van der Waals surface area contributed by atoms with Crippen molar-refractivity contribution in [2.75, 3.05) is 13.1 Å². The number of hydrogen-bond donors (Lipinski definition) is 1. The third-order valence-electron chi connectivity index (χ3n) is 4.84. The van der Waals surface area contributed by atoms with Gasteiger partial charge in [-0.05, 0) is 62.1 Å². The molecule has 1 nitrogen and oxygen atoms in total. The maximum Gasteiger partial charge on any atom is -0.00258 e. The lowest BCUT2D eigenvalue weighted by Gasteiger charge is -2.29. The van der Waals surface area contributed by atoms with Crippen molar-refractivity contribution in [2.45, 2.75) is 58.8 Å². The third kappa shape index (κ3) is 4.94. The molecule has 0 spiro atoms. The van der Waals surface area contributed by atoms with E-state index < -0.39 is 0 Å². The highest BCUT2D eigenvalue weighted by atomic mass is 14.9. The second kappa shape index (κ2) is 7.83. The number of hydrogen-bond acceptors (Lipinski definition) is 1. The number of nitrogens with one attached hydrogen (secondary N) is 1. The Morgan fingerprint density at radius 3 is 2.40 bits per heavy atom. The van der Waals surface area contributed by atoms with E-state index in [1.807, 2.05) is 0 Å². The summed E-state index contributed by atoms with van der Waals surface area (Å²) in [5.41, 5.74) is 2.13. The molecule has 1 N–H and O–H groups in total. The Balaban J connectivity index is 1.79. The lowest BCUT2D eigenvalue weighted by atomic mass is 9.77. The predicted octanol–water partition coefficient (Wildman–Crippen LogP) is 4.82. The molecule has 112 valence electrons. The van der Waals surface area contributed by atoms with Crippen LogP contribution in [-0.4, -0.2) is 13.1 Å². The van der Waals surface area contributed by atoms with Gasteiger partial charge in [0.15, 0.2) is 0 Å². The van der Waals surface area contributed by atoms with Crippen LogP contribution < -0.4 is 5.32 Å². The Morgan fingerprint density at radius 2 is 1.75 bits per heavy atom. The minimum Gasteiger partial charge on any atom is -0.316 e. The number of rotatable bonds is 8. The molecular formula is C19H31N. The lowest BCUT2D eigenvalue weighted by Crippen LogP contribution is -2.27. The van der Waals surface area contributed by atoms with E-state index in [0.29, 0.717) is 5.41 Å². The first kappa shape index (κ1) is 15.6. The molecule has 0 heterocycles. The Morgan fingerprint density at radius 1 is 1.05 bits per heavy atom. The summed E-state index contributed by atoms with van der Waals surface area (Å²) in [6.45, 7) is 6.93. The third-order valence-corrected chi connectivity index (χ3v) is 4.84. The van der Waals surface area contributed by atoms with Crippen LogP contribution in [-0.2, 0) is 6.42 Å². The summed E-state index contributed by atoms with van der Waals surface area (Å²) < 4.78 is 0. The van der Waals surface area contributed by atoms with Crippen LogP contribution in [0, 0.1) is 11.3 Å². The Hall–Kier alpha value is -0.820. The Bertz CT molecular complexity index is 363. The van der Waals surface area contributed by atoms with Crippen molar-refractivity contribution < 1.29 is 0 Å². The average Bonchev–Trinajstić information content (AvgIpc) is 2.92. The van der Waals surface area contributed by atoms with Crippen LogP contribution >= 0.6 is 0 Å². The molecule has 1 aliphatic carbocycles. The van der Waals surface area contributed by atoms with E-state index in [1.54, 1.807) is 0 Å². The van der Waals surface area contributed by atoms with Gasteiger partial charge in [-0.15, -0.1) is 0 Å². The van der Waals surface area contributed by atoms with Crippen molar-refractivity contribution in [3.63, 3.8) is 0 Å². The van der Waals surface area contributed by atoms with Gasteiger partial charge in [-0.2, -0.15) is 0 Å². The highest BCUT2D eigenvalue weighted by molar-refractivity contribution is 5.15. The second-order valence-corrected chi connectivity index (χ2v) is 7.04. The normalized spacial score (nSPS) is 17.8. The van der Waals surface area contributed by atoms with Crippen LogP contribution in [0.25, 0.3) is 0 Å². The molecule has 0 saturated heterocycles. The SMILES string of the molecule is CC(C)CNCCC1(CCc2ccccc2)CCCC1. The van der Waals surface area contributed by atoms with Crippen LogP contribution in [0.15, 0.2) is 30.3 Å². The summed E-state index contributed by atoms with van der Waals surface area (Å²) in [5, 5.41) is 3.63. The first-order valence-electron chi connectivity index (χ1n) is 8.45. The fourth-order valence-electron chi connectivity index (χ4n) is 3.55. The molecule has 1 aromatic rings. The molecule has 2 rings (SSSR count). The minimum atomic E-state index is 0.625. The summed E-state index contributed by atoms with van der Waals surface area (Å²) >= 11 is 0. The fourth-order valence-corrected chi connectivity index (χ4v) is 3.55. The van der Waals surface area contributed by atoms with E-state index in [-0.39, 0.29) is 0 Å². The molecule has 1 saturated carbocycles. The first-order valence-corrected chi connectivity index (χ1v) is 8.45. The zero-order valence-electron chi connectivity index (χ0n) is 13.3. The summed E-state index contributed by atoms with van der Waals surface area (Å²) in [6, 6.07) is 11.0. The van der Waals surface area contributed by atoms with Crippen molar-refractivity contribution in [3.05, 3.63) is 35.9 Å². The van der Waals surface area contributed by atoms with Gasteiger partial charge in [0.1, 0.15) is 0 Å². The zero-order valence-corrected chi connectivity index (χ0v) is 13.3. The molecular weight excluding hydrogens is 242 g/mol. The quantitative estimate of drug-likeness (QED) is 0.670. The molecule has 0 atom stereocenters. The minimum absolute atomic E-state index is 0.625. The van der Waals surface area contributed by atoms with E-state index in [4.69, 9.17) is 0 Å². The molecule has 0 aromatic heterocycles. The van der Waals surface area contributed by atoms with Crippen molar-refractivity contribution in [3.8, 4) is 0 Å². The summed E-state index contributed by atoms with van der Waals surface area (Å²) in [7, 11) is 0. The molecule has 0 aliphatic heterocycles. The Kier molecular flexibility index (Phi) is 6.09. The number of benzene rings is 1. The molecule has 0 radical (unpaired) electrons. The van der Waals surface area contributed by atoms with Crippen LogP contribution in [0.2, 0.25) is 0 Å². The molecule has 20 heavy (non-hydrogen) atoms. The summed E-state index contributed by atoms with van der Waals surface area (Å²) in [5.74, 6) is 0.763. The molecule has 0 bridgehead atoms. The topological polar surface area (TPSA) is 12.0 Å². The van der Waals surface area contributed by atoms with Crippen LogP contribution in [0.4, 0.5) is 0 Å². The maximum absolute atomic E-state index is 3.63. The van der Waals surface area contributed by atoms with Crippen molar-refractivity contribution in [1.29, 1.82) is 0 Å². The van der Waals surface area contributed by atoms with Gasteiger partial charge in [-0.25, -0.2) is 0 Å². The lowest BCUT2D eigenvalue weighted by molar-refractivity contribution is 0.244. The van der Waals surface area contributed by atoms with Crippen molar-refractivity contribution in [1.82, 2.24) is 5.32 Å². The van der Waals surface area contributed by atoms with Gasteiger partial charge in [0, 0.05) is 0 Å². The first-order chi connectivity index (χ1) is 9.70. The highest BCUT2D eigenvalue weighted by Gasteiger charge is 2.32. The van der Waals surface area contributed by atoms with Crippen molar-refractivity contribution >= 4 is 0 Å². The summed E-state index contributed by atoms with van der Waals surface area (Å²) in [6.07, 6.45) is 9.78. The fraction of sp³-hybridized carbons (Fsp3) is 0.684. The van der Waals surface area contributed by atoms with E-state index in [2.05, 4.69) is 49.5 Å². The molecule has 1 heteroatoms. The molecule has 1 aliphatic rings. The zero-order chi connectivity index (χ0) is 14.3.